The van der Waals surface area contributed by atoms with Crippen LogP contribution in [0, 0.1) is 11.7 Å². The van der Waals surface area contributed by atoms with Crippen molar-refractivity contribution in [1.29, 1.82) is 0 Å². The molecule has 1 aromatic carbocycles. The van der Waals surface area contributed by atoms with E-state index in [1.54, 1.807) is 24.5 Å². The number of pyridine rings is 1. The average molecular weight is 365 g/mol. The molecule has 1 saturated heterocycles. The largest absolute Gasteiger partial charge is 0.370 e. The first-order chi connectivity index (χ1) is 13.2. The van der Waals surface area contributed by atoms with Crippen LogP contribution in [0.25, 0.3) is 11.2 Å². The smallest absolute Gasteiger partial charge is 0.223 e. The molecule has 27 heavy (non-hydrogen) atoms. The van der Waals surface area contributed by atoms with Gasteiger partial charge in [0.25, 0.3) is 0 Å². The predicted molar refractivity (Wildman–Crippen MR) is 101 cm³/mol. The Morgan fingerprint density at radius 3 is 2.63 bits per heavy atom. The first-order valence-corrected chi connectivity index (χ1v) is 9.03. The summed E-state index contributed by atoms with van der Waals surface area (Å²) in [5, 5.41) is 2.96. The first-order valence-electron chi connectivity index (χ1n) is 9.03. The zero-order chi connectivity index (χ0) is 18.6. The normalized spacial score (nSPS) is 15.1. The SMILES string of the molecule is O=C(NCc1ccc(F)cc1)C1CCN(c2cnc3nccnc3c2)CC1. The predicted octanol–water partition coefficient (Wildman–Crippen LogP) is 2.70. The number of aromatic nitrogens is 3. The molecule has 6 nitrogen and oxygen atoms in total. The summed E-state index contributed by atoms with van der Waals surface area (Å²) in [4.78, 5) is 27.5. The summed E-state index contributed by atoms with van der Waals surface area (Å²) in [5.74, 6) is -0.219. The number of fused-ring (bicyclic) bond motifs is 1. The van der Waals surface area contributed by atoms with Crippen molar-refractivity contribution in [3.63, 3.8) is 0 Å². The summed E-state index contributed by atoms with van der Waals surface area (Å²) < 4.78 is 12.9. The molecule has 0 unspecified atom stereocenters. The molecule has 1 N–H and O–H groups in total. The molecular formula is C20H20FN5O. The molecule has 3 heterocycles. The van der Waals surface area contributed by atoms with Crippen molar-refractivity contribution in [2.45, 2.75) is 19.4 Å². The van der Waals surface area contributed by atoms with Crippen LogP contribution in [0.15, 0.2) is 48.9 Å². The molecule has 0 aliphatic carbocycles. The van der Waals surface area contributed by atoms with Gasteiger partial charge in [-0.05, 0) is 36.6 Å². The molecule has 1 aliphatic heterocycles. The van der Waals surface area contributed by atoms with Gasteiger partial charge in [0.15, 0.2) is 5.65 Å². The summed E-state index contributed by atoms with van der Waals surface area (Å²) >= 11 is 0. The second-order valence-electron chi connectivity index (χ2n) is 6.70. The number of benzene rings is 1. The van der Waals surface area contributed by atoms with Crippen molar-refractivity contribution < 1.29 is 9.18 Å². The van der Waals surface area contributed by atoms with E-state index in [-0.39, 0.29) is 17.6 Å². The van der Waals surface area contributed by atoms with Gasteiger partial charge in [0.1, 0.15) is 11.3 Å². The molecule has 1 aliphatic rings. The zero-order valence-corrected chi connectivity index (χ0v) is 14.8. The van der Waals surface area contributed by atoms with E-state index in [1.165, 1.54) is 12.1 Å². The van der Waals surface area contributed by atoms with Gasteiger partial charge >= 0.3 is 0 Å². The molecule has 0 saturated carbocycles. The highest BCUT2D eigenvalue weighted by Crippen LogP contribution is 2.24. The highest BCUT2D eigenvalue weighted by molar-refractivity contribution is 5.79. The highest BCUT2D eigenvalue weighted by atomic mass is 19.1. The molecule has 1 fully saturated rings. The van der Waals surface area contributed by atoms with Crippen LogP contribution in [0.5, 0.6) is 0 Å². The molecular weight excluding hydrogens is 345 g/mol. The lowest BCUT2D eigenvalue weighted by atomic mass is 9.95. The van der Waals surface area contributed by atoms with E-state index < -0.39 is 0 Å². The van der Waals surface area contributed by atoms with Crippen LogP contribution in [0.4, 0.5) is 10.1 Å². The molecule has 0 atom stereocenters. The van der Waals surface area contributed by atoms with Crippen molar-refractivity contribution in [1.82, 2.24) is 20.3 Å². The molecule has 7 heteroatoms. The number of hydrogen-bond donors (Lipinski definition) is 1. The lowest BCUT2D eigenvalue weighted by Gasteiger charge is -2.32. The van der Waals surface area contributed by atoms with Gasteiger partial charge in [0, 0.05) is 37.9 Å². The van der Waals surface area contributed by atoms with Crippen molar-refractivity contribution in [2.75, 3.05) is 18.0 Å². The third-order valence-electron chi connectivity index (χ3n) is 4.92. The molecule has 3 aromatic rings. The van der Waals surface area contributed by atoms with Crippen molar-refractivity contribution in [3.05, 3.63) is 60.3 Å². The van der Waals surface area contributed by atoms with Crippen molar-refractivity contribution in [2.24, 2.45) is 5.92 Å². The maximum absolute atomic E-state index is 12.9. The molecule has 0 bridgehead atoms. The minimum atomic E-state index is -0.272. The second kappa shape index (κ2) is 7.65. The number of nitrogens with zero attached hydrogens (tertiary/aromatic N) is 4. The fraction of sp³-hybridized carbons (Fsp3) is 0.300. The second-order valence-corrected chi connectivity index (χ2v) is 6.70. The summed E-state index contributed by atoms with van der Waals surface area (Å²) in [7, 11) is 0. The molecule has 0 radical (unpaired) electrons. The fourth-order valence-corrected chi connectivity index (χ4v) is 3.36. The van der Waals surface area contributed by atoms with E-state index in [1.807, 2.05) is 12.3 Å². The van der Waals surface area contributed by atoms with Gasteiger partial charge in [-0.25, -0.2) is 14.4 Å². The Labute approximate surface area is 156 Å². The zero-order valence-electron chi connectivity index (χ0n) is 14.8. The van der Waals surface area contributed by atoms with Crippen LogP contribution in [0.3, 0.4) is 0 Å². The van der Waals surface area contributed by atoms with Crippen LogP contribution in [-0.2, 0) is 11.3 Å². The fourth-order valence-electron chi connectivity index (χ4n) is 3.36. The van der Waals surface area contributed by atoms with E-state index in [0.717, 1.165) is 42.7 Å². The Morgan fingerprint density at radius 1 is 1.11 bits per heavy atom. The van der Waals surface area contributed by atoms with E-state index in [4.69, 9.17) is 0 Å². The minimum Gasteiger partial charge on any atom is -0.370 e. The summed E-state index contributed by atoms with van der Waals surface area (Å²) in [6.07, 6.45) is 6.67. The third kappa shape index (κ3) is 4.02. The lowest BCUT2D eigenvalue weighted by molar-refractivity contribution is -0.125. The van der Waals surface area contributed by atoms with Crippen LogP contribution >= 0.6 is 0 Å². The number of rotatable bonds is 4. The van der Waals surface area contributed by atoms with Gasteiger partial charge in [-0.15, -0.1) is 0 Å². The van der Waals surface area contributed by atoms with Gasteiger partial charge < -0.3 is 10.2 Å². The van der Waals surface area contributed by atoms with Crippen molar-refractivity contribution in [3.8, 4) is 0 Å². The number of carbonyl (C=O) groups excluding carboxylic acids is 1. The summed E-state index contributed by atoms with van der Waals surface area (Å²) in [6, 6.07) is 8.18. The maximum atomic E-state index is 12.9. The van der Waals surface area contributed by atoms with E-state index in [0.29, 0.717) is 12.2 Å². The Morgan fingerprint density at radius 2 is 1.85 bits per heavy atom. The number of hydrogen-bond acceptors (Lipinski definition) is 5. The number of nitrogens with one attached hydrogen (secondary N) is 1. The van der Waals surface area contributed by atoms with Crippen LogP contribution < -0.4 is 10.2 Å². The third-order valence-corrected chi connectivity index (χ3v) is 4.92. The van der Waals surface area contributed by atoms with Gasteiger partial charge in [0.2, 0.25) is 5.91 Å². The van der Waals surface area contributed by atoms with Gasteiger partial charge in [-0.2, -0.15) is 0 Å². The van der Waals surface area contributed by atoms with Crippen LogP contribution in [0.2, 0.25) is 0 Å². The maximum Gasteiger partial charge on any atom is 0.223 e. The molecule has 0 spiro atoms. The molecule has 1 amide bonds. The van der Waals surface area contributed by atoms with Gasteiger partial charge in [0.05, 0.1) is 11.9 Å². The number of carbonyl (C=O) groups is 1. The Bertz CT molecular complexity index is 939. The molecule has 4 rings (SSSR count). The standard InChI is InChI=1S/C20H20FN5O/c21-16-3-1-14(2-4-16)12-25-20(27)15-5-9-26(10-6-15)17-11-18-19(24-13-17)23-8-7-22-18/h1-4,7-8,11,13,15H,5-6,9-10,12H2,(H,25,27). The number of amides is 1. The number of halogens is 1. The first kappa shape index (κ1) is 17.3. The quantitative estimate of drug-likeness (QED) is 0.770. The Balaban J connectivity index is 1.32. The Hall–Kier alpha value is -3.09. The minimum absolute atomic E-state index is 0.00472. The number of anilines is 1. The van der Waals surface area contributed by atoms with Crippen LogP contribution in [-0.4, -0.2) is 33.9 Å². The monoisotopic (exact) mass is 365 g/mol. The topological polar surface area (TPSA) is 71.0 Å². The number of piperidine rings is 1. The highest BCUT2D eigenvalue weighted by Gasteiger charge is 2.25. The average Bonchev–Trinajstić information content (AvgIpc) is 2.73. The lowest BCUT2D eigenvalue weighted by Crippen LogP contribution is -2.40. The van der Waals surface area contributed by atoms with Gasteiger partial charge in [-0.1, -0.05) is 12.1 Å². The van der Waals surface area contributed by atoms with E-state index in [2.05, 4.69) is 25.2 Å². The summed E-state index contributed by atoms with van der Waals surface area (Å²) in [5.41, 5.74) is 3.31. The van der Waals surface area contributed by atoms with Gasteiger partial charge in [-0.3, -0.25) is 9.78 Å². The van der Waals surface area contributed by atoms with Crippen LogP contribution in [0.1, 0.15) is 18.4 Å². The van der Waals surface area contributed by atoms with E-state index in [9.17, 15) is 9.18 Å². The van der Waals surface area contributed by atoms with Crippen molar-refractivity contribution >= 4 is 22.8 Å². The summed E-state index contributed by atoms with van der Waals surface area (Å²) in [6.45, 7) is 2.01. The molecule has 138 valence electrons. The Kier molecular flexibility index (Phi) is 4.91. The molecule has 2 aromatic heterocycles. The van der Waals surface area contributed by atoms with E-state index >= 15 is 0 Å².